The third-order valence-electron chi connectivity index (χ3n) is 10.4. The van der Waals surface area contributed by atoms with E-state index in [1.54, 1.807) is 0 Å². The van der Waals surface area contributed by atoms with Crippen molar-refractivity contribution in [3.63, 3.8) is 0 Å². The molecule has 0 heterocycles. The largest absolute Gasteiger partial charge is 0.393 e. The molecule has 0 radical (unpaired) electrons. The summed E-state index contributed by atoms with van der Waals surface area (Å²) in [6, 6.07) is 0. The van der Waals surface area contributed by atoms with E-state index in [2.05, 4.69) is 26.2 Å². The van der Waals surface area contributed by atoms with Gasteiger partial charge in [0.25, 0.3) is 0 Å². The Balaban J connectivity index is 1.53. The Kier molecular flexibility index (Phi) is 5.80. The summed E-state index contributed by atoms with van der Waals surface area (Å²) in [5, 5.41) is 21.5. The van der Waals surface area contributed by atoms with Crippen LogP contribution in [-0.2, 0) is 4.79 Å². The Morgan fingerprint density at radius 2 is 1.76 bits per heavy atom. The third kappa shape index (κ3) is 3.45. The van der Waals surface area contributed by atoms with Crippen LogP contribution in [0.1, 0.15) is 85.0 Å². The van der Waals surface area contributed by atoms with Crippen LogP contribution in [0.3, 0.4) is 0 Å². The summed E-state index contributed by atoms with van der Waals surface area (Å²) >= 11 is 0. The molecule has 4 fully saturated rings. The summed E-state index contributed by atoms with van der Waals surface area (Å²) < 4.78 is 0. The molecule has 0 spiro atoms. The highest BCUT2D eigenvalue weighted by Gasteiger charge is 2.62. The second-order valence-corrected chi connectivity index (χ2v) is 11.5. The molecule has 1 amide bonds. The monoisotopic (exact) mass is 406 g/mol. The lowest BCUT2D eigenvalue weighted by Gasteiger charge is -2.62. The Hall–Kier alpha value is -0.650. The highest BCUT2D eigenvalue weighted by atomic mass is 16.3. The minimum Gasteiger partial charge on any atom is -0.393 e. The molecule has 0 unspecified atom stereocenters. The van der Waals surface area contributed by atoms with Crippen molar-refractivity contribution in [3.05, 3.63) is 0 Å². The molecule has 4 aliphatic carbocycles. The quantitative estimate of drug-likeness (QED) is 0.327. The number of nitrogens with one attached hydrogen (secondary N) is 1. The summed E-state index contributed by atoms with van der Waals surface area (Å²) in [5.41, 5.74) is 2.82. The summed E-state index contributed by atoms with van der Waals surface area (Å²) in [4.78, 5) is 11.6. The van der Waals surface area contributed by atoms with E-state index in [0.29, 0.717) is 41.9 Å². The second kappa shape index (κ2) is 7.80. The number of nitrogens with two attached hydrogens (primary N) is 1. The lowest BCUT2D eigenvalue weighted by atomic mass is 9.43. The summed E-state index contributed by atoms with van der Waals surface area (Å²) in [6.07, 6.45) is 9.70. The average Bonchev–Trinajstić information content (AvgIpc) is 3.04. The van der Waals surface area contributed by atoms with Crippen LogP contribution < -0.4 is 11.3 Å². The molecule has 0 aromatic heterocycles. The minimum atomic E-state index is -0.218. The van der Waals surface area contributed by atoms with E-state index in [4.69, 9.17) is 5.84 Å². The van der Waals surface area contributed by atoms with Crippen LogP contribution in [0.5, 0.6) is 0 Å². The van der Waals surface area contributed by atoms with Gasteiger partial charge in [0, 0.05) is 6.42 Å². The van der Waals surface area contributed by atoms with Crippen molar-refractivity contribution in [2.45, 2.75) is 97.2 Å². The molecule has 4 saturated carbocycles. The van der Waals surface area contributed by atoms with Crippen LogP contribution in [0.2, 0.25) is 0 Å². The molecular formula is C24H42N2O3. The number of hydrazine groups is 1. The molecule has 4 aliphatic rings. The molecule has 5 heteroatoms. The summed E-state index contributed by atoms with van der Waals surface area (Å²) in [5.74, 6) is 8.40. The van der Waals surface area contributed by atoms with Gasteiger partial charge in [-0.3, -0.25) is 10.2 Å². The van der Waals surface area contributed by atoms with Gasteiger partial charge in [-0.2, -0.15) is 0 Å². The van der Waals surface area contributed by atoms with Crippen molar-refractivity contribution in [1.82, 2.24) is 5.43 Å². The number of hydrogen-bond acceptors (Lipinski definition) is 4. The number of carbonyl (C=O) groups is 1. The topological polar surface area (TPSA) is 95.6 Å². The Morgan fingerprint density at radius 3 is 2.48 bits per heavy atom. The molecule has 0 aliphatic heterocycles. The highest BCUT2D eigenvalue weighted by Crippen LogP contribution is 2.68. The molecule has 29 heavy (non-hydrogen) atoms. The number of aliphatic hydroxyl groups excluding tert-OH is 2. The zero-order valence-electron chi connectivity index (χ0n) is 18.6. The van der Waals surface area contributed by atoms with E-state index in [1.807, 2.05) is 0 Å². The van der Waals surface area contributed by atoms with Crippen LogP contribution in [0.4, 0.5) is 0 Å². The summed E-state index contributed by atoms with van der Waals surface area (Å²) in [6.45, 7) is 7.26. The number of rotatable bonds is 4. The normalized spacial score (nSPS) is 50.2. The van der Waals surface area contributed by atoms with Crippen molar-refractivity contribution in [1.29, 1.82) is 0 Å². The first-order chi connectivity index (χ1) is 13.7. The Labute approximate surface area is 176 Å². The fourth-order valence-corrected chi connectivity index (χ4v) is 8.81. The van der Waals surface area contributed by atoms with Crippen molar-refractivity contribution in [2.24, 2.45) is 52.2 Å². The Morgan fingerprint density at radius 1 is 1.07 bits per heavy atom. The SMILES string of the molecule is C[C@H](CCC(=O)NN)[C@@H]1CC[C@@H]2[C@H]3[C@H](O)C[C@H]4C[C@@H](O)CC[C@]4(C)[C@@H]3CC[C@]21C. The van der Waals surface area contributed by atoms with Gasteiger partial charge in [0.05, 0.1) is 12.2 Å². The first kappa shape index (κ1) is 21.6. The molecule has 0 aromatic carbocycles. The molecule has 0 aromatic rings. The van der Waals surface area contributed by atoms with Crippen molar-refractivity contribution in [2.75, 3.05) is 0 Å². The predicted octanol–water partition coefficient (Wildman–Crippen LogP) is 3.38. The number of aliphatic hydroxyl groups is 2. The summed E-state index contributed by atoms with van der Waals surface area (Å²) in [7, 11) is 0. The van der Waals surface area contributed by atoms with Gasteiger partial charge in [-0.25, -0.2) is 5.84 Å². The van der Waals surface area contributed by atoms with E-state index < -0.39 is 0 Å². The standard InChI is InChI=1S/C24H42N2O3/c1-14(4-7-21(29)26-25)17-5-6-18-22-19(9-11-24(17,18)3)23(2)10-8-16(27)12-15(23)13-20(22)28/h14-20,22,27-28H,4-13,25H2,1-3H3,(H,26,29)/t14-,15-,16+,17+,18-,19-,20-,22-,23+,24+/m1/s1. The molecule has 166 valence electrons. The predicted molar refractivity (Wildman–Crippen MR) is 113 cm³/mol. The maximum atomic E-state index is 11.6. The fraction of sp³-hybridized carbons (Fsp3) is 0.958. The zero-order valence-corrected chi connectivity index (χ0v) is 18.6. The maximum Gasteiger partial charge on any atom is 0.233 e. The minimum absolute atomic E-state index is 0.0681. The average molecular weight is 407 g/mol. The third-order valence-corrected chi connectivity index (χ3v) is 10.4. The van der Waals surface area contributed by atoms with Gasteiger partial charge in [-0.05, 0) is 104 Å². The molecule has 4 rings (SSSR count). The van der Waals surface area contributed by atoms with E-state index in [0.717, 1.165) is 32.1 Å². The number of hydrogen-bond donors (Lipinski definition) is 4. The van der Waals surface area contributed by atoms with Crippen LogP contribution >= 0.6 is 0 Å². The van der Waals surface area contributed by atoms with Crippen molar-refractivity contribution < 1.29 is 15.0 Å². The van der Waals surface area contributed by atoms with Crippen LogP contribution in [0.25, 0.3) is 0 Å². The first-order valence-electron chi connectivity index (χ1n) is 12.1. The molecule has 5 N–H and O–H groups in total. The molecule has 0 saturated heterocycles. The number of carbonyl (C=O) groups excluding carboxylic acids is 1. The maximum absolute atomic E-state index is 11.6. The molecule has 5 nitrogen and oxygen atoms in total. The molecule has 10 atom stereocenters. The smallest absolute Gasteiger partial charge is 0.233 e. The van der Waals surface area contributed by atoms with E-state index >= 15 is 0 Å². The van der Waals surface area contributed by atoms with Gasteiger partial charge in [0.1, 0.15) is 0 Å². The van der Waals surface area contributed by atoms with Gasteiger partial charge >= 0.3 is 0 Å². The molecular weight excluding hydrogens is 364 g/mol. The van der Waals surface area contributed by atoms with Gasteiger partial charge in [0.2, 0.25) is 5.91 Å². The van der Waals surface area contributed by atoms with Crippen molar-refractivity contribution >= 4 is 5.91 Å². The lowest BCUT2D eigenvalue weighted by molar-refractivity contribution is -0.174. The fourth-order valence-electron chi connectivity index (χ4n) is 8.81. The van der Waals surface area contributed by atoms with E-state index in [-0.39, 0.29) is 28.9 Å². The van der Waals surface area contributed by atoms with E-state index in [1.165, 1.54) is 25.7 Å². The lowest BCUT2D eigenvalue weighted by Crippen LogP contribution is -2.58. The first-order valence-corrected chi connectivity index (χ1v) is 12.1. The number of fused-ring (bicyclic) bond motifs is 5. The van der Waals surface area contributed by atoms with Crippen LogP contribution in [0.15, 0.2) is 0 Å². The Bertz CT molecular complexity index is 627. The van der Waals surface area contributed by atoms with Gasteiger partial charge in [-0.1, -0.05) is 20.8 Å². The van der Waals surface area contributed by atoms with Crippen LogP contribution in [-0.4, -0.2) is 28.3 Å². The zero-order chi connectivity index (χ0) is 21.0. The second-order valence-electron chi connectivity index (χ2n) is 11.5. The van der Waals surface area contributed by atoms with Gasteiger partial charge in [0.15, 0.2) is 0 Å². The number of amides is 1. The highest BCUT2D eigenvalue weighted by molar-refractivity contribution is 5.75. The van der Waals surface area contributed by atoms with Crippen molar-refractivity contribution in [3.8, 4) is 0 Å². The van der Waals surface area contributed by atoms with Gasteiger partial charge < -0.3 is 10.2 Å². The van der Waals surface area contributed by atoms with Gasteiger partial charge in [-0.15, -0.1) is 0 Å². The molecule has 0 bridgehead atoms. The van der Waals surface area contributed by atoms with E-state index in [9.17, 15) is 15.0 Å². The van der Waals surface area contributed by atoms with Crippen LogP contribution in [0, 0.1) is 46.3 Å².